The fraction of sp³-hybridized carbons (Fsp3) is 0.812. The van der Waals surface area contributed by atoms with E-state index < -0.39 is 0 Å². The van der Waals surface area contributed by atoms with Crippen molar-refractivity contribution < 1.29 is 4.79 Å². The van der Waals surface area contributed by atoms with E-state index in [0.29, 0.717) is 11.7 Å². The van der Waals surface area contributed by atoms with Gasteiger partial charge in [0.25, 0.3) is 5.91 Å². The SMILES string of the molecule is CCCCC(CCC)NC(=O)c1cn(C2CCNCC2)nn1. The summed E-state index contributed by atoms with van der Waals surface area (Å²) in [7, 11) is 0. The van der Waals surface area contributed by atoms with E-state index in [-0.39, 0.29) is 11.9 Å². The molecular formula is C16H29N5O. The van der Waals surface area contributed by atoms with Crippen LogP contribution in [0.3, 0.4) is 0 Å². The molecule has 1 saturated heterocycles. The average Bonchev–Trinajstić information content (AvgIpc) is 3.04. The first-order chi connectivity index (χ1) is 10.7. The number of piperidine rings is 1. The van der Waals surface area contributed by atoms with Crippen LogP contribution in [0.1, 0.15) is 75.3 Å². The van der Waals surface area contributed by atoms with E-state index in [1.54, 1.807) is 6.20 Å². The normalized spacial score (nSPS) is 17.4. The predicted molar refractivity (Wildman–Crippen MR) is 86.8 cm³/mol. The average molecular weight is 307 g/mol. The summed E-state index contributed by atoms with van der Waals surface area (Å²) < 4.78 is 1.86. The number of carbonyl (C=O) groups excluding carboxylic acids is 1. The van der Waals surface area contributed by atoms with Crippen molar-refractivity contribution >= 4 is 5.91 Å². The molecule has 1 fully saturated rings. The number of nitrogens with one attached hydrogen (secondary N) is 2. The maximum atomic E-state index is 12.3. The molecule has 6 nitrogen and oxygen atoms in total. The standard InChI is InChI=1S/C16H29N5O/c1-3-5-7-13(6-4-2)18-16(22)15-12-21(20-19-15)14-8-10-17-11-9-14/h12-14,17H,3-11H2,1-2H3,(H,18,22). The molecule has 1 aromatic heterocycles. The molecule has 1 aliphatic heterocycles. The molecule has 6 heteroatoms. The third-order valence-electron chi connectivity index (χ3n) is 4.30. The van der Waals surface area contributed by atoms with Gasteiger partial charge in [-0.3, -0.25) is 4.79 Å². The molecule has 0 radical (unpaired) electrons. The summed E-state index contributed by atoms with van der Waals surface area (Å²) >= 11 is 0. The molecule has 2 N–H and O–H groups in total. The van der Waals surface area contributed by atoms with Crippen LogP contribution in [0.4, 0.5) is 0 Å². The van der Waals surface area contributed by atoms with Crippen molar-refractivity contribution in [2.75, 3.05) is 13.1 Å². The Labute approximate surface area is 133 Å². The van der Waals surface area contributed by atoms with Crippen molar-refractivity contribution in [1.29, 1.82) is 0 Å². The molecule has 1 amide bonds. The number of amides is 1. The quantitative estimate of drug-likeness (QED) is 0.773. The van der Waals surface area contributed by atoms with E-state index in [2.05, 4.69) is 34.8 Å². The van der Waals surface area contributed by atoms with Gasteiger partial charge in [0.15, 0.2) is 5.69 Å². The molecule has 1 aliphatic rings. The molecule has 0 aliphatic carbocycles. The van der Waals surface area contributed by atoms with Gasteiger partial charge in [0.1, 0.15) is 0 Å². The van der Waals surface area contributed by atoms with Crippen LogP contribution in [0.25, 0.3) is 0 Å². The molecule has 0 saturated carbocycles. The lowest BCUT2D eigenvalue weighted by Crippen LogP contribution is -2.35. The Balaban J connectivity index is 1.92. The molecular weight excluding hydrogens is 278 g/mol. The minimum Gasteiger partial charge on any atom is -0.348 e. The highest BCUT2D eigenvalue weighted by atomic mass is 16.2. The summed E-state index contributed by atoms with van der Waals surface area (Å²) in [4.78, 5) is 12.3. The van der Waals surface area contributed by atoms with E-state index in [0.717, 1.165) is 58.0 Å². The highest BCUT2D eigenvalue weighted by Gasteiger charge is 2.20. The van der Waals surface area contributed by atoms with Crippen LogP contribution >= 0.6 is 0 Å². The molecule has 0 spiro atoms. The van der Waals surface area contributed by atoms with E-state index in [9.17, 15) is 4.79 Å². The van der Waals surface area contributed by atoms with Gasteiger partial charge in [0.05, 0.1) is 12.2 Å². The summed E-state index contributed by atoms with van der Waals surface area (Å²) in [6.07, 6.45) is 9.32. The van der Waals surface area contributed by atoms with Crippen LogP contribution in [0.5, 0.6) is 0 Å². The Morgan fingerprint density at radius 1 is 1.36 bits per heavy atom. The lowest BCUT2D eigenvalue weighted by atomic mass is 10.1. The molecule has 124 valence electrons. The van der Waals surface area contributed by atoms with Crippen molar-refractivity contribution in [2.24, 2.45) is 0 Å². The summed E-state index contributed by atoms with van der Waals surface area (Å²) in [6.45, 7) is 6.33. The Hall–Kier alpha value is -1.43. The zero-order chi connectivity index (χ0) is 15.8. The van der Waals surface area contributed by atoms with E-state index in [1.807, 2.05) is 4.68 Å². The molecule has 1 unspecified atom stereocenters. The van der Waals surface area contributed by atoms with Gasteiger partial charge in [-0.2, -0.15) is 0 Å². The van der Waals surface area contributed by atoms with E-state index in [4.69, 9.17) is 0 Å². The van der Waals surface area contributed by atoms with Gasteiger partial charge in [-0.05, 0) is 38.8 Å². The van der Waals surface area contributed by atoms with E-state index in [1.165, 1.54) is 0 Å². The van der Waals surface area contributed by atoms with Crippen LogP contribution in [0, 0.1) is 0 Å². The van der Waals surface area contributed by atoms with Gasteiger partial charge >= 0.3 is 0 Å². The van der Waals surface area contributed by atoms with Gasteiger partial charge in [0.2, 0.25) is 0 Å². The number of carbonyl (C=O) groups is 1. The largest absolute Gasteiger partial charge is 0.348 e. The van der Waals surface area contributed by atoms with Crippen LogP contribution in [-0.2, 0) is 0 Å². The van der Waals surface area contributed by atoms with Crippen molar-refractivity contribution in [1.82, 2.24) is 25.6 Å². The number of rotatable bonds is 8. The highest BCUT2D eigenvalue weighted by molar-refractivity contribution is 5.92. The van der Waals surface area contributed by atoms with Crippen molar-refractivity contribution in [3.63, 3.8) is 0 Å². The topological polar surface area (TPSA) is 71.8 Å². The van der Waals surface area contributed by atoms with Crippen LogP contribution < -0.4 is 10.6 Å². The van der Waals surface area contributed by atoms with Gasteiger partial charge in [-0.15, -0.1) is 5.10 Å². The summed E-state index contributed by atoms with van der Waals surface area (Å²) in [5.74, 6) is -0.0882. The van der Waals surface area contributed by atoms with Gasteiger partial charge in [-0.1, -0.05) is 38.3 Å². The van der Waals surface area contributed by atoms with Crippen molar-refractivity contribution in [3.8, 4) is 0 Å². The summed E-state index contributed by atoms with van der Waals surface area (Å²) in [6, 6.07) is 0.614. The Morgan fingerprint density at radius 3 is 2.82 bits per heavy atom. The Kier molecular flexibility index (Phi) is 6.83. The first kappa shape index (κ1) is 16.9. The smallest absolute Gasteiger partial charge is 0.273 e. The third-order valence-corrected chi connectivity index (χ3v) is 4.30. The lowest BCUT2D eigenvalue weighted by Gasteiger charge is -2.22. The fourth-order valence-electron chi connectivity index (χ4n) is 2.98. The second-order valence-corrected chi connectivity index (χ2v) is 6.17. The van der Waals surface area contributed by atoms with Crippen LogP contribution in [-0.4, -0.2) is 40.0 Å². The maximum absolute atomic E-state index is 12.3. The Morgan fingerprint density at radius 2 is 2.14 bits per heavy atom. The number of hydrogen-bond donors (Lipinski definition) is 2. The summed E-state index contributed by atoms with van der Waals surface area (Å²) in [5.41, 5.74) is 0.441. The number of nitrogens with zero attached hydrogens (tertiary/aromatic N) is 3. The van der Waals surface area contributed by atoms with Gasteiger partial charge in [0, 0.05) is 6.04 Å². The predicted octanol–water partition coefficient (Wildman–Crippen LogP) is 2.29. The first-order valence-corrected chi connectivity index (χ1v) is 8.68. The molecule has 0 bridgehead atoms. The third kappa shape index (κ3) is 4.80. The second-order valence-electron chi connectivity index (χ2n) is 6.17. The second kappa shape index (κ2) is 8.88. The minimum atomic E-state index is -0.0882. The van der Waals surface area contributed by atoms with Crippen LogP contribution in [0.15, 0.2) is 6.20 Å². The van der Waals surface area contributed by atoms with Crippen molar-refractivity contribution in [3.05, 3.63) is 11.9 Å². The monoisotopic (exact) mass is 307 g/mol. The minimum absolute atomic E-state index is 0.0882. The Bertz CT molecular complexity index is 453. The molecule has 22 heavy (non-hydrogen) atoms. The molecule has 1 aromatic rings. The molecule has 0 aromatic carbocycles. The van der Waals surface area contributed by atoms with Gasteiger partial charge in [-0.25, -0.2) is 4.68 Å². The number of unbranched alkanes of at least 4 members (excludes halogenated alkanes) is 1. The fourth-order valence-corrected chi connectivity index (χ4v) is 2.98. The zero-order valence-electron chi connectivity index (χ0n) is 13.8. The summed E-state index contributed by atoms with van der Waals surface area (Å²) in [5, 5.41) is 14.7. The molecule has 1 atom stereocenters. The molecule has 2 rings (SSSR count). The number of aromatic nitrogens is 3. The highest BCUT2D eigenvalue weighted by Crippen LogP contribution is 2.17. The molecule has 2 heterocycles. The van der Waals surface area contributed by atoms with Gasteiger partial charge < -0.3 is 10.6 Å². The van der Waals surface area contributed by atoms with Crippen molar-refractivity contribution in [2.45, 2.75) is 70.9 Å². The lowest BCUT2D eigenvalue weighted by molar-refractivity contribution is 0.0927. The first-order valence-electron chi connectivity index (χ1n) is 8.68. The van der Waals surface area contributed by atoms with E-state index >= 15 is 0 Å². The van der Waals surface area contributed by atoms with Crippen LogP contribution in [0.2, 0.25) is 0 Å². The number of hydrogen-bond acceptors (Lipinski definition) is 4. The zero-order valence-corrected chi connectivity index (χ0v) is 13.8. The maximum Gasteiger partial charge on any atom is 0.273 e.